The van der Waals surface area contributed by atoms with Crippen LogP contribution in [0.25, 0.3) is 0 Å². The maximum atomic E-state index is 11.9. The molecule has 16 heavy (non-hydrogen) atoms. The van der Waals surface area contributed by atoms with Crippen molar-refractivity contribution in [2.24, 2.45) is 0 Å². The number of carbonyl (C=O) groups is 1. The van der Waals surface area contributed by atoms with E-state index in [4.69, 9.17) is 5.73 Å². The molecule has 1 heterocycles. The SMILES string of the molecule is Cc1c(N)cccc1NC(=O)C1CCCS1. The van der Waals surface area contributed by atoms with E-state index in [-0.39, 0.29) is 11.2 Å². The molecule has 1 fully saturated rings. The first-order valence-electron chi connectivity index (χ1n) is 5.46. The zero-order chi connectivity index (χ0) is 11.5. The normalized spacial score (nSPS) is 19.7. The largest absolute Gasteiger partial charge is 0.398 e. The van der Waals surface area contributed by atoms with Crippen LogP contribution >= 0.6 is 11.8 Å². The Kier molecular flexibility index (Phi) is 3.39. The highest BCUT2D eigenvalue weighted by atomic mass is 32.2. The molecular weight excluding hydrogens is 220 g/mol. The van der Waals surface area contributed by atoms with Gasteiger partial charge in [0, 0.05) is 11.4 Å². The zero-order valence-corrected chi connectivity index (χ0v) is 10.1. The maximum Gasteiger partial charge on any atom is 0.237 e. The van der Waals surface area contributed by atoms with Crippen molar-refractivity contribution in [2.45, 2.75) is 25.0 Å². The maximum absolute atomic E-state index is 11.9. The smallest absolute Gasteiger partial charge is 0.237 e. The van der Waals surface area contributed by atoms with Crippen LogP contribution in [0.3, 0.4) is 0 Å². The van der Waals surface area contributed by atoms with Gasteiger partial charge in [0.05, 0.1) is 5.25 Å². The number of nitrogens with one attached hydrogen (secondary N) is 1. The Bertz CT molecular complexity index is 400. The van der Waals surface area contributed by atoms with Crippen molar-refractivity contribution in [3.05, 3.63) is 23.8 Å². The van der Waals surface area contributed by atoms with Gasteiger partial charge in [-0.1, -0.05) is 6.07 Å². The van der Waals surface area contributed by atoms with E-state index in [0.717, 1.165) is 35.5 Å². The van der Waals surface area contributed by atoms with Crippen molar-refractivity contribution >= 4 is 29.0 Å². The predicted molar refractivity (Wildman–Crippen MR) is 69.7 cm³/mol. The van der Waals surface area contributed by atoms with Crippen molar-refractivity contribution < 1.29 is 4.79 Å². The molecule has 1 aliphatic heterocycles. The molecule has 0 radical (unpaired) electrons. The van der Waals surface area contributed by atoms with Crippen LogP contribution in [0.2, 0.25) is 0 Å². The number of rotatable bonds is 2. The summed E-state index contributed by atoms with van der Waals surface area (Å²) in [4.78, 5) is 11.9. The van der Waals surface area contributed by atoms with Gasteiger partial charge < -0.3 is 11.1 Å². The molecule has 1 saturated heterocycles. The van der Waals surface area contributed by atoms with Crippen molar-refractivity contribution in [3.63, 3.8) is 0 Å². The summed E-state index contributed by atoms with van der Waals surface area (Å²) >= 11 is 1.74. The van der Waals surface area contributed by atoms with Crippen LogP contribution in [0.1, 0.15) is 18.4 Å². The Labute approximate surface area is 99.8 Å². The van der Waals surface area contributed by atoms with Crippen LogP contribution in [-0.2, 0) is 4.79 Å². The Morgan fingerprint density at radius 3 is 3.06 bits per heavy atom. The molecule has 3 nitrogen and oxygen atoms in total. The number of nitrogen functional groups attached to an aromatic ring is 1. The van der Waals surface area contributed by atoms with Gasteiger partial charge in [-0.25, -0.2) is 0 Å². The average Bonchev–Trinajstić information content (AvgIpc) is 2.78. The lowest BCUT2D eigenvalue weighted by atomic mass is 10.1. The lowest BCUT2D eigenvalue weighted by Gasteiger charge is -2.13. The number of nitrogens with two attached hydrogens (primary N) is 1. The highest BCUT2D eigenvalue weighted by Crippen LogP contribution is 2.28. The lowest BCUT2D eigenvalue weighted by Crippen LogP contribution is -2.23. The van der Waals surface area contributed by atoms with E-state index in [1.54, 1.807) is 11.8 Å². The number of thioether (sulfide) groups is 1. The molecule has 1 atom stereocenters. The van der Waals surface area contributed by atoms with Crippen LogP contribution in [0, 0.1) is 6.92 Å². The minimum Gasteiger partial charge on any atom is -0.398 e. The summed E-state index contributed by atoms with van der Waals surface area (Å²) in [7, 11) is 0. The molecule has 86 valence electrons. The molecule has 2 rings (SSSR count). The third-order valence-corrected chi connectivity index (χ3v) is 4.23. The van der Waals surface area contributed by atoms with Crippen LogP contribution < -0.4 is 11.1 Å². The van der Waals surface area contributed by atoms with E-state index >= 15 is 0 Å². The van der Waals surface area contributed by atoms with Crippen LogP contribution in [0.5, 0.6) is 0 Å². The monoisotopic (exact) mass is 236 g/mol. The topological polar surface area (TPSA) is 55.1 Å². The quantitative estimate of drug-likeness (QED) is 0.775. The van der Waals surface area contributed by atoms with Gasteiger partial charge in [0.2, 0.25) is 5.91 Å². The average molecular weight is 236 g/mol. The Morgan fingerprint density at radius 1 is 1.56 bits per heavy atom. The predicted octanol–water partition coefficient (Wildman–Crippen LogP) is 2.41. The second-order valence-electron chi connectivity index (χ2n) is 4.01. The molecule has 3 N–H and O–H groups in total. The molecule has 1 aromatic rings. The van der Waals surface area contributed by atoms with Crippen molar-refractivity contribution in [2.75, 3.05) is 16.8 Å². The molecule has 0 bridgehead atoms. The van der Waals surface area contributed by atoms with Gasteiger partial charge in [0.15, 0.2) is 0 Å². The van der Waals surface area contributed by atoms with E-state index in [9.17, 15) is 4.79 Å². The minimum atomic E-state index is 0.108. The van der Waals surface area contributed by atoms with Gasteiger partial charge >= 0.3 is 0 Å². The van der Waals surface area contributed by atoms with E-state index in [2.05, 4.69) is 5.32 Å². The Hall–Kier alpha value is -1.16. The van der Waals surface area contributed by atoms with Crippen LogP contribution in [0.15, 0.2) is 18.2 Å². The van der Waals surface area contributed by atoms with Gasteiger partial charge in [-0.05, 0) is 43.2 Å². The van der Waals surface area contributed by atoms with Crippen molar-refractivity contribution in [3.8, 4) is 0 Å². The van der Waals surface area contributed by atoms with Gasteiger partial charge in [0.25, 0.3) is 0 Å². The van der Waals surface area contributed by atoms with Crippen LogP contribution in [0.4, 0.5) is 11.4 Å². The summed E-state index contributed by atoms with van der Waals surface area (Å²) in [6, 6.07) is 5.60. The lowest BCUT2D eigenvalue weighted by molar-refractivity contribution is -0.115. The van der Waals surface area contributed by atoms with Crippen LogP contribution in [-0.4, -0.2) is 16.9 Å². The second-order valence-corrected chi connectivity index (χ2v) is 5.32. The summed E-state index contributed by atoms with van der Waals surface area (Å²) in [5.41, 5.74) is 8.29. The van der Waals surface area contributed by atoms with E-state index < -0.39 is 0 Å². The van der Waals surface area contributed by atoms with Gasteiger partial charge in [-0.15, -0.1) is 11.8 Å². The summed E-state index contributed by atoms with van der Waals surface area (Å²) in [6.45, 7) is 1.92. The summed E-state index contributed by atoms with van der Waals surface area (Å²) in [5, 5.41) is 3.07. The molecular formula is C12H16N2OS. The summed E-state index contributed by atoms with van der Waals surface area (Å²) in [5.74, 6) is 1.20. The fourth-order valence-corrected chi connectivity index (χ4v) is 2.95. The van der Waals surface area contributed by atoms with E-state index in [0.29, 0.717) is 0 Å². The molecule has 4 heteroatoms. The number of anilines is 2. The Morgan fingerprint density at radius 2 is 2.38 bits per heavy atom. The number of hydrogen-bond donors (Lipinski definition) is 2. The van der Waals surface area contributed by atoms with Crippen molar-refractivity contribution in [1.29, 1.82) is 0 Å². The van der Waals surface area contributed by atoms with Gasteiger partial charge in [-0.2, -0.15) is 0 Å². The molecule has 1 amide bonds. The van der Waals surface area contributed by atoms with Gasteiger partial charge in [-0.3, -0.25) is 4.79 Å². The van der Waals surface area contributed by atoms with Gasteiger partial charge in [0.1, 0.15) is 0 Å². The third-order valence-electron chi connectivity index (χ3n) is 2.86. The summed E-state index contributed by atoms with van der Waals surface area (Å²) < 4.78 is 0. The standard InChI is InChI=1S/C12H16N2OS/c1-8-9(13)4-2-5-10(8)14-12(15)11-6-3-7-16-11/h2,4-5,11H,3,6-7,13H2,1H3,(H,14,15). The molecule has 0 aliphatic carbocycles. The molecule has 1 aliphatic rings. The number of benzene rings is 1. The highest BCUT2D eigenvalue weighted by Gasteiger charge is 2.23. The fraction of sp³-hybridized carbons (Fsp3) is 0.417. The first-order valence-corrected chi connectivity index (χ1v) is 6.51. The molecule has 0 spiro atoms. The molecule has 0 saturated carbocycles. The van der Waals surface area contributed by atoms with Crippen molar-refractivity contribution in [1.82, 2.24) is 0 Å². The zero-order valence-electron chi connectivity index (χ0n) is 9.32. The first kappa shape index (κ1) is 11.3. The van der Waals surface area contributed by atoms with E-state index in [1.807, 2.05) is 25.1 Å². The van der Waals surface area contributed by atoms with E-state index in [1.165, 1.54) is 0 Å². The molecule has 1 unspecified atom stereocenters. The number of amides is 1. The second kappa shape index (κ2) is 4.78. The number of carbonyl (C=O) groups excluding carboxylic acids is 1. The summed E-state index contributed by atoms with van der Waals surface area (Å²) in [6.07, 6.45) is 2.12. The highest BCUT2D eigenvalue weighted by molar-refractivity contribution is 8.00. The first-order chi connectivity index (χ1) is 7.68. The third kappa shape index (κ3) is 2.32. The molecule has 1 aromatic carbocycles. The number of hydrogen-bond acceptors (Lipinski definition) is 3. The fourth-order valence-electron chi connectivity index (χ4n) is 1.79. The minimum absolute atomic E-state index is 0.108. The Balaban J connectivity index is 2.08. The molecule has 0 aromatic heterocycles.